The average Bonchev–Trinajstić information content (AvgIpc) is 3.17. The van der Waals surface area contributed by atoms with Crippen molar-refractivity contribution in [1.82, 2.24) is 9.29 Å². The summed E-state index contributed by atoms with van der Waals surface area (Å²) in [6.45, 7) is 3.06. The zero-order valence-corrected chi connectivity index (χ0v) is 22.4. The van der Waals surface area contributed by atoms with E-state index in [1.807, 2.05) is 25.1 Å². The van der Waals surface area contributed by atoms with E-state index in [0.717, 1.165) is 47.2 Å². The number of amides is 1. The number of aryl methyl sites for hydroxylation is 1. The lowest BCUT2D eigenvalue weighted by molar-refractivity contribution is -0.113. The number of nitrogens with zero attached hydrogens (tertiary/aromatic N) is 2. The molecule has 2 heterocycles. The maximum atomic E-state index is 12.9. The van der Waals surface area contributed by atoms with Gasteiger partial charge in [0.25, 0.3) is 0 Å². The minimum absolute atomic E-state index is 0.167. The summed E-state index contributed by atoms with van der Waals surface area (Å²) in [5.74, 6) is 1.20. The van der Waals surface area contributed by atoms with Crippen LogP contribution in [0.4, 0.5) is 5.69 Å². The van der Waals surface area contributed by atoms with Crippen LogP contribution >= 0.6 is 11.8 Å². The Morgan fingerprint density at radius 2 is 1.64 bits per heavy atom. The fourth-order valence-electron chi connectivity index (χ4n) is 4.21. The molecule has 1 aliphatic heterocycles. The Kier molecular flexibility index (Phi) is 8.38. The van der Waals surface area contributed by atoms with E-state index in [1.165, 1.54) is 11.8 Å². The number of benzene rings is 2. The second-order valence-electron chi connectivity index (χ2n) is 8.69. The van der Waals surface area contributed by atoms with Crippen LogP contribution in [0.25, 0.3) is 10.9 Å². The van der Waals surface area contributed by atoms with Crippen molar-refractivity contribution in [2.45, 2.75) is 42.5 Å². The molecule has 1 aromatic heterocycles. The van der Waals surface area contributed by atoms with Crippen molar-refractivity contribution < 1.29 is 22.7 Å². The maximum Gasteiger partial charge on any atom is 0.243 e. The predicted molar refractivity (Wildman–Crippen MR) is 143 cm³/mol. The molecule has 8 nitrogen and oxygen atoms in total. The van der Waals surface area contributed by atoms with Crippen LogP contribution in [0.3, 0.4) is 0 Å². The molecule has 1 saturated heterocycles. The lowest BCUT2D eigenvalue weighted by atomic mass is 10.1. The first-order valence-electron chi connectivity index (χ1n) is 11.9. The highest BCUT2D eigenvalue weighted by atomic mass is 32.2. The molecule has 0 unspecified atom stereocenters. The van der Waals surface area contributed by atoms with Crippen LogP contribution in [-0.2, 0) is 14.8 Å². The molecule has 36 heavy (non-hydrogen) atoms. The number of sulfonamides is 1. The Balaban J connectivity index is 1.40. The van der Waals surface area contributed by atoms with Gasteiger partial charge in [-0.2, -0.15) is 4.31 Å². The molecule has 2 aromatic carbocycles. The van der Waals surface area contributed by atoms with Gasteiger partial charge in [-0.25, -0.2) is 13.4 Å². The first kappa shape index (κ1) is 26.2. The number of rotatable bonds is 8. The smallest absolute Gasteiger partial charge is 0.243 e. The first-order chi connectivity index (χ1) is 17.3. The van der Waals surface area contributed by atoms with Crippen molar-refractivity contribution in [2.75, 3.05) is 38.4 Å². The summed E-state index contributed by atoms with van der Waals surface area (Å²) in [5, 5.41) is 4.52. The molecule has 1 amide bonds. The number of methoxy groups -OCH3 is 2. The highest BCUT2D eigenvalue weighted by molar-refractivity contribution is 8.00. The molecule has 1 fully saturated rings. The van der Waals surface area contributed by atoms with Gasteiger partial charge in [0.2, 0.25) is 15.9 Å². The van der Waals surface area contributed by atoms with Gasteiger partial charge in [0.1, 0.15) is 5.03 Å². The van der Waals surface area contributed by atoms with Crippen molar-refractivity contribution in [1.29, 1.82) is 0 Å². The quantitative estimate of drug-likeness (QED) is 0.416. The number of ether oxygens (including phenoxy) is 2. The normalized spacial score (nSPS) is 14.9. The number of pyridine rings is 1. The van der Waals surface area contributed by atoms with Crippen molar-refractivity contribution in [3.63, 3.8) is 0 Å². The summed E-state index contributed by atoms with van der Waals surface area (Å²) in [6, 6.07) is 12.1. The van der Waals surface area contributed by atoms with Crippen molar-refractivity contribution >= 4 is 44.3 Å². The van der Waals surface area contributed by atoms with Crippen LogP contribution in [0.15, 0.2) is 52.4 Å². The number of anilines is 1. The summed E-state index contributed by atoms with van der Waals surface area (Å²) in [7, 11) is -0.347. The number of hydrogen-bond acceptors (Lipinski definition) is 7. The Morgan fingerprint density at radius 3 is 2.28 bits per heavy atom. The fraction of sp³-hybridized carbons (Fsp3) is 0.385. The zero-order valence-electron chi connectivity index (χ0n) is 20.7. The van der Waals surface area contributed by atoms with Crippen LogP contribution in [0, 0.1) is 6.92 Å². The SMILES string of the molecule is COc1cc2cc(C)c(SCC(=O)Nc3ccc(S(=O)(=O)N4CCCCCC4)cc3)nc2cc1OC. The number of thioether (sulfide) groups is 1. The Labute approximate surface area is 216 Å². The van der Waals surface area contributed by atoms with Crippen molar-refractivity contribution in [3.8, 4) is 11.5 Å². The third kappa shape index (κ3) is 5.93. The van der Waals surface area contributed by atoms with E-state index >= 15 is 0 Å². The Bertz CT molecular complexity index is 1340. The van der Waals surface area contributed by atoms with E-state index < -0.39 is 10.0 Å². The van der Waals surface area contributed by atoms with E-state index in [4.69, 9.17) is 14.5 Å². The molecular formula is C26H31N3O5S2. The molecule has 3 aromatic rings. The van der Waals surface area contributed by atoms with Gasteiger partial charge >= 0.3 is 0 Å². The highest BCUT2D eigenvalue weighted by Gasteiger charge is 2.25. The summed E-state index contributed by atoms with van der Waals surface area (Å²) < 4.78 is 38.2. The largest absolute Gasteiger partial charge is 0.493 e. The number of aromatic nitrogens is 1. The molecule has 0 bridgehead atoms. The minimum Gasteiger partial charge on any atom is -0.493 e. The number of carbonyl (C=O) groups excluding carboxylic acids is 1. The van der Waals surface area contributed by atoms with Gasteiger partial charge < -0.3 is 14.8 Å². The van der Waals surface area contributed by atoms with Gasteiger partial charge in [0.15, 0.2) is 11.5 Å². The van der Waals surface area contributed by atoms with Crippen LogP contribution in [-0.4, -0.2) is 56.7 Å². The second-order valence-corrected chi connectivity index (χ2v) is 11.6. The van der Waals surface area contributed by atoms with Crippen molar-refractivity contribution in [2.24, 2.45) is 0 Å². The van der Waals surface area contributed by atoms with Gasteiger partial charge in [-0.15, -0.1) is 0 Å². The standard InChI is InChI=1S/C26H31N3O5S2/c1-18-14-19-15-23(33-2)24(34-3)16-22(19)28-26(18)35-17-25(30)27-20-8-10-21(11-9-20)36(31,32)29-12-6-4-5-7-13-29/h8-11,14-16H,4-7,12-13,17H2,1-3H3,(H,27,30). The third-order valence-electron chi connectivity index (χ3n) is 6.15. The van der Waals surface area contributed by atoms with E-state index in [2.05, 4.69) is 5.32 Å². The molecular weight excluding hydrogens is 498 g/mol. The Hall–Kier alpha value is -2.82. The van der Waals surface area contributed by atoms with Gasteiger partial charge in [-0.3, -0.25) is 4.79 Å². The second kappa shape index (κ2) is 11.5. The van der Waals surface area contributed by atoms with E-state index in [9.17, 15) is 13.2 Å². The average molecular weight is 530 g/mol. The summed E-state index contributed by atoms with van der Waals surface area (Å²) >= 11 is 1.34. The van der Waals surface area contributed by atoms with Crippen molar-refractivity contribution in [3.05, 3.63) is 48.0 Å². The summed E-state index contributed by atoms with van der Waals surface area (Å²) in [4.78, 5) is 17.5. The number of nitrogens with one attached hydrogen (secondary N) is 1. The van der Waals surface area contributed by atoms with E-state index in [0.29, 0.717) is 30.3 Å². The highest BCUT2D eigenvalue weighted by Crippen LogP contribution is 2.33. The molecule has 1 aliphatic rings. The maximum absolute atomic E-state index is 12.9. The summed E-state index contributed by atoms with van der Waals surface area (Å²) in [5.41, 5.74) is 2.26. The summed E-state index contributed by atoms with van der Waals surface area (Å²) in [6.07, 6.45) is 3.90. The fourth-order valence-corrected chi connectivity index (χ4v) is 6.51. The van der Waals surface area contributed by atoms with Crippen LogP contribution in [0.2, 0.25) is 0 Å². The van der Waals surface area contributed by atoms with Gasteiger partial charge in [0.05, 0.1) is 30.4 Å². The van der Waals surface area contributed by atoms with Crippen LogP contribution in [0.1, 0.15) is 31.2 Å². The Morgan fingerprint density at radius 1 is 1.00 bits per heavy atom. The molecule has 0 saturated carbocycles. The molecule has 0 atom stereocenters. The lowest BCUT2D eigenvalue weighted by Gasteiger charge is -2.20. The lowest BCUT2D eigenvalue weighted by Crippen LogP contribution is -2.31. The first-order valence-corrected chi connectivity index (χ1v) is 14.3. The van der Waals surface area contributed by atoms with Gasteiger partial charge in [-0.05, 0) is 61.7 Å². The topological polar surface area (TPSA) is 97.8 Å². The molecule has 192 valence electrons. The van der Waals surface area contributed by atoms with Crippen LogP contribution < -0.4 is 14.8 Å². The third-order valence-corrected chi connectivity index (χ3v) is 9.15. The van der Waals surface area contributed by atoms with E-state index in [-0.39, 0.29) is 16.6 Å². The molecule has 0 aliphatic carbocycles. The monoisotopic (exact) mass is 529 g/mol. The van der Waals surface area contributed by atoms with E-state index in [1.54, 1.807) is 42.8 Å². The van der Waals surface area contributed by atoms with Gasteiger partial charge in [-0.1, -0.05) is 24.6 Å². The van der Waals surface area contributed by atoms with Crippen LogP contribution in [0.5, 0.6) is 11.5 Å². The molecule has 0 spiro atoms. The van der Waals surface area contributed by atoms with Gasteiger partial charge in [0, 0.05) is 30.2 Å². The number of fused-ring (bicyclic) bond motifs is 1. The minimum atomic E-state index is -3.52. The number of carbonyl (C=O) groups is 1. The molecule has 10 heteroatoms. The predicted octanol–water partition coefficient (Wildman–Crippen LogP) is 4.86. The molecule has 4 rings (SSSR count). The zero-order chi connectivity index (χ0) is 25.7. The number of hydrogen-bond donors (Lipinski definition) is 1. The molecule has 1 N–H and O–H groups in total. The molecule has 0 radical (unpaired) electrons.